The van der Waals surface area contributed by atoms with E-state index in [9.17, 15) is 0 Å². The SMILES string of the molecule is Clc1ccc(-c2c(C3CCOCC3)ncc3cc4c(cnn4C4CCCCO4)cc23)cc1. The predicted octanol–water partition coefficient (Wildman–Crippen LogP) is 6.50. The molecular weight excluding hydrogens is 422 g/mol. The molecule has 164 valence electrons. The number of ether oxygens (including phenoxy) is 2. The van der Waals surface area contributed by atoms with Crippen LogP contribution in [0.1, 0.15) is 49.9 Å². The Hall–Kier alpha value is -2.47. The van der Waals surface area contributed by atoms with E-state index < -0.39 is 0 Å². The molecule has 2 aromatic heterocycles. The van der Waals surface area contributed by atoms with Gasteiger partial charge < -0.3 is 9.47 Å². The van der Waals surface area contributed by atoms with Crippen molar-refractivity contribution in [1.82, 2.24) is 14.8 Å². The summed E-state index contributed by atoms with van der Waals surface area (Å²) in [6, 6.07) is 12.6. The van der Waals surface area contributed by atoms with Crippen LogP contribution in [-0.2, 0) is 9.47 Å². The van der Waals surface area contributed by atoms with Gasteiger partial charge in [-0.2, -0.15) is 5.10 Å². The molecule has 1 unspecified atom stereocenters. The van der Waals surface area contributed by atoms with Crippen LogP contribution in [0.5, 0.6) is 0 Å². The topological polar surface area (TPSA) is 49.2 Å². The van der Waals surface area contributed by atoms with Crippen molar-refractivity contribution in [3.63, 3.8) is 0 Å². The summed E-state index contributed by atoms with van der Waals surface area (Å²) >= 11 is 6.21. The van der Waals surface area contributed by atoms with Crippen molar-refractivity contribution >= 4 is 33.3 Å². The van der Waals surface area contributed by atoms with Crippen molar-refractivity contribution in [1.29, 1.82) is 0 Å². The highest BCUT2D eigenvalue weighted by molar-refractivity contribution is 6.30. The highest BCUT2D eigenvalue weighted by Gasteiger charge is 2.24. The molecule has 0 radical (unpaired) electrons. The fraction of sp³-hybridized carbons (Fsp3) is 0.385. The zero-order valence-corrected chi connectivity index (χ0v) is 18.7. The van der Waals surface area contributed by atoms with Crippen molar-refractivity contribution in [2.75, 3.05) is 19.8 Å². The van der Waals surface area contributed by atoms with E-state index in [1.807, 2.05) is 29.2 Å². The number of hydrogen-bond donors (Lipinski definition) is 0. The monoisotopic (exact) mass is 447 g/mol. The number of halogens is 1. The first-order valence-electron chi connectivity index (χ1n) is 11.5. The summed E-state index contributed by atoms with van der Waals surface area (Å²) in [6.07, 6.45) is 9.31. The summed E-state index contributed by atoms with van der Waals surface area (Å²) in [6.45, 7) is 2.38. The molecule has 2 aliphatic heterocycles. The number of nitrogens with zero attached hydrogens (tertiary/aromatic N) is 3. The summed E-state index contributed by atoms with van der Waals surface area (Å²) in [5, 5.41) is 8.91. The minimum atomic E-state index is 0.0175. The Morgan fingerprint density at radius 2 is 1.75 bits per heavy atom. The zero-order chi connectivity index (χ0) is 21.5. The summed E-state index contributed by atoms with van der Waals surface area (Å²) in [5.74, 6) is 0.396. The van der Waals surface area contributed by atoms with Crippen LogP contribution in [0.15, 0.2) is 48.8 Å². The second-order valence-electron chi connectivity index (χ2n) is 8.82. The first-order valence-corrected chi connectivity index (χ1v) is 11.9. The average molecular weight is 448 g/mol. The van der Waals surface area contributed by atoms with Gasteiger partial charge in [0.05, 0.1) is 17.4 Å². The molecule has 2 fully saturated rings. The molecular formula is C26H26ClN3O2. The van der Waals surface area contributed by atoms with Crippen LogP contribution >= 0.6 is 11.6 Å². The van der Waals surface area contributed by atoms with E-state index >= 15 is 0 Å². The fourth-order valence-electron chi connectivity index (χ4n) is 5.12. The molecule has 2 aromatic carbocycles. The molecule has 0 saturated carbocycles. The summed E-state index contributed by atoms with van der Waals surface area (Å²) in [5.41, 5.74) is 4.61. The lowest BCUT2D eigenvalue weighted by Crippen LogP contribution is -2.19. The van der Waals surface area contributed by atoms with Gasteiger partial charge in [0.2, 0.25) is 0 Å². The summed E-state index contributed by atoms with van der Waals surface area (Å²) < 4.78 is 13.7. The Labute approximate surface area is 192 Å². The molecule has 1 atom stereocenters. The van der Waals surface area contributed by atoms with E-state index in [4.69, 9.17) is 31.2 Å². The Kier molecular flexibility index (Phi) is 5.34. The van der Waals surface area contributed by atoms with Crippen LogP contribution in [0.25, 0.3) is 32.8 Å². The van der Waals surface area contributed by atoms with Crippen molar-refractivity contribution in [3.8, 4) is 11.1 Å². The second kappa shape index (κ2) is 8.47. The van der Waals surface area contributed by atoms with E-state index in [0.29, 0.717) is 5.92 Å². The van der Waals surface area contributed by atoms with Crippen LogP contribution in [0, 0.1) is 0 Å². The molecule has 2 saturated heterocycles. The highest BCUT2D eigenvalue weighted by atomic mass is 35.5. The standard InChI is InChI=1S/C26H26ClN3O2/c27-21-6-4-17(5-7-21)25-22-13-20-16-29-30(24-3-1-2-10-32-24)23(20)14-19(22)15-28-26(25)18-8-11-31-12-9-18/h4-7,13-16,18,24H,1-3,8-12H2. The molecule has 6 heteroatoms. The van der Waals surface area contributed by atoms with Gasteiger partial charge in [-0.15, -0.1) is 0 Å². The third-order valence-electron chi connectivity index (χ3n) is 6.80. The maximum absolute atomic E-state index is 6.21. The van der Waals surface area contributed by atoms with Gasteiger partial charge in [-0.3, -0.25) is 4.98 Å². The number of fused-ring (bicyclic) bond motifs is 2. The van der Waals surface area contributed by atoms with Gasteiger partial charge >= 0.3 is 0 Å². The van der Waals surface area contributed by atoms with Crippen molar-refractivity contribution < 1.29 is 9.47 Å². The molecule has 0 bridgehead atoms. The van der Waals surface area contributed by atoms with E-state index in [1.54, 1.807) is 0 Å². The number of hydrogen-bond acceptors (Lipinski definition) is 4. The average Bonchev–Trinajstić information content (AvgIpc) is 3.26. The van der Waals surface area contributed by atoms with Gasteiger partial charge in [0.25, 0.3) is 0 Å². The van der Waals surface area contributed by atoms with E-state index in [1.165, 1.54) is 17.4 Å². The van der Waals surface area contributed by atoms with Gasteiger partial charge in [-0.05, 0) is 67.3 Å². The highest BCUT2D eigenvalue weighted by Crippen LogP contribution is 2.40. The Balaban J connectivity index is 1.55. The molecule has 0 amide bonds. The molecule has 32 heavy (non-hydrogen) atoms. The Morgan fingerprint density at radius 3 is 2.53 bits per heavy atom. The number of benzene rings is 2. The maximum atomic E-state index is 6.21. The van der Waals surface area contributed by atoms with Gasteiger partial charge in [-0.1, -0.05) is 23.7 Å². The van der Waals surface area contributed by atoms with Crippen LogP contribution in [0.4, 0.5) is 0 Å². The van der Waals surface area contributed by atoms with E-state index in [-0.39, 0.29) is 6.23 Å². The fourth-order valence-corrected chi connectivity index (χ4v) is 5.25. The first kappa shape index (κ1) is 20.2. The van der Waals surface area contributed by atoms with E-state index in [0.717, 1.165) is 78.1 Å². The third-order valence-corrected chi connectivity index (χ3v) is 7.06. The molecule has 0 spiro atoms. The van der Waals surface area contributed by atoms with Gasteiger partial charge in [-0.25, -0.2) is 4.68 Å². The smallest absolute Gasteiger partial charge is 0.150 e. The lowest BCUT2D eigenvalue weighted by molar-refractivity contribution is -0.0366. The molecule has 4 heterocycles. The summed E-state index contributed by atoms with van der Waals surface area (Å²) in [4.78, 5) is 5.01. The molecule has 4 aromatic rings. The Morgan fingerprint density at radius 1 is 0.906 bits per heavy atom. The van der Waals surface area contributed by atoms with Crippen molar-refractivity contribution in [2.24, 2.45) is 0 Å². The molecule has 5 nitrogen and oxygen atoms in total. The van der Waals surface area contributed by atoms with Crippen molar-refractivity contribution in [2.45, 2.75) is 44.2 Å². The maximum Gasteiger partial charge on any atom is 0.150 e. The molecule has 2 aliphatic rings. The lowest BCUT2D eigenvalue weighted by Gasteiger charge is -2.25. The second-order valence-corrected chi connectivity index (χ2v) is 9.26. The van der Waals surface area contributed by atoms with Crippen LogP contribution in [0.2, 0.25) is 5.02 Å². The quantitative estimate of drug-likeness (QED) is 0.359. The summed E-state index contributed by atoms with van der Waals surface area (Å²) in [7, 11) is 0. The third kappa shape index (κ3) is 3.58. The van der Waals surface area contributed by atoms with Crippen molar-refractivity contribution in [3.05, 3.63) is 59.5 Å². The molecule has 6 rings (SSSR count). The lowest BCUT2D eigenvalue weighted by atomic mass is 9.87. The number of aromatic nitrogens is 3. The molecule has 0 N–H and O–H groups in total. The normalized spacial score (nSPS) is 20.2. The first-order chi connectivity index (χ1) is 15.8. The van der Waals surface area contributed by atoms with E-state index in [2.05, 4.69) is 24.3 Å². The van der Waals surface area contributed by atoms with Gasteiger partial charge in [0.15, 0.2) is 6.23 Å². The van der Waals surface area contributed by atoms with Crippen LogP contribution < -0.4 is 0 Å². The van der Waals surface area contributed by atoms with Crippen LogP contribution in [-0.4, -0.2) is 34.6 Å². The zero-order valence-electron chi connectivity index (χ0n) is 18.0. The minimum absolute atomic E-state index is 0.0175. The van der Waals surface area contributed by atoms with Gasteiger partial charge in [0.1, 0.15) is 0 Å². The van der Waals surface area contributed by atoms with Crippen LogP contribution in [0.3, 0.4) is 0 Å². The molecule has 0 aliphatic carbocycles. The number of pyridine rings is 1. The Bertz CT molecular complexity index is 1260. The minimum Gasteiger partial charge on any atom is -0.381 e. The number of rotatable bonds is 3. The van der Waals surface area contributed by atoms with Gasteiger partial charge in [0, 0.05) is 53.3 Å². The largest absolute Gasteiger partial charge is 0.381 e. The predicted molar refractivity (Wildman–Crippen MR) is 127 cm³/mol.